The highest BCUT2D eigenvalue weighted by Gasteiger charge is 2.19. The zero-order chi connectivity index (χ0) is 14.7. The number of methoxy groups -OCH3 is 1. The number of hydrogen-bond acceptors (Lipinski definition) is 5. The van der Waals surface area contributed by atoms with Gasteiger partial charge in [0.15, 0.2) is 0 Å². The Bertz CT molecular complexity index is 665. The van der Waals surface area contributed by atoms with E-state index in [1.165, 1.54) is 25.3 Å². The van der Waals surface area contributed by atoms with Crippen LogP contribution in [-0.2, 0) is 4.74 Å². The van der Waals surface area contributed by atoms with Crippen molar-refractivity contribution < 1.29 is 14.5 Å². The first-order valence-electron chi connectivity index (χ1n) is 5.82. The Balaban J connectivity index is 2.56. The van der Waals surface area contributed by atoms with Crippen molar-refractivity contribution in [1.82, 2.24) is 4.98 Å². The topological polar surface area (TPSA) is 82.3 Å². The number of nitro benzene ring substituents is 1. The maximum atomic E-state index is 11.4. The zero-order valence-corrected chi connectivity index (χ0v) is 11.0. The summed E-state index contributed by atoms with van der Waals surface area (Å²) in [6, 6.07) is 7.75. The van der Waals surface area contributed by atoms with E-state index in [-0.39, 0.29) is 11.3 Å². The summed E-state index contributed by atoms with van der Waals surface area (Å²) in [4.78, 5) is 26.2. The molecule has 0 amide bonds. The van der Waals surface area contributed by atoms with Crippen LogP contribution in [0.15, 0.2) is 36.5 Å². The fourth-order valence-corrected chi connectivity index (χ4v) is 1.80. The van der Waals surface area contributed by atoms with Crippen molar-refractivity contribution in [2.24, 2.45) is 0 Å². The third-order valence-electron chi connectivity index (χ3n) is 2.84. The van der Waals surface area contributed by atoms with E-state index in [1.54, 1.807) is 18.3 Å². The number of ether oxygens (including phenoxy) is 1. The molecule has 1 heterocycles. The van der Waals surface area contributed by atoms with E-state index in [2.05, 4.69) is 9.72 Å². The van der Waals surface area contributed by atoms with E-state index in [0.717, 1.165) is 5.69 Å². The lowest BCUT2D eigenvalue weighted by atomic mass is 10.0. The lowest BCUT2D eigenvalue weighted by Crippen LogP contribution is -2.03. The summed E-state index contributed by atoms with van der Waals surface area (Å²) in [5.41, 5.74) is 1.85. The molecule has 0 atom stereocenters. The number of aromatic nitrogens is 1. The number of esters is 1. The average Bonchev–Trinajstić information content (AvgIpc) is 2.46. The van der Waals surface area contributed by atoms with Gasteiger partial charge < -0.3 is 4.74 Å². The molecule has 0 bridgehead atoms. The highest BCUT2D eigenvalue weighted by molar-refractivity contribution is 5.91. The number of pyridine rings is 1. The fourth-order valence-electron chi connectivity index (χ4n) is 1.80. The molecule has 102 valence electrons. The number of rotatable bonds is 3. The van der Waals surface area contributed by atoms with Gasteiger partial charge in [0.2, 0.25) is 0 Å². The largest absolute Gasteiger partial charge is 0.465 e. The molecule has 0 aliphatic heterocycles. The normalized spacial score (nSPS) is 10.1. The minimum Gasteiger partial charge on any atom is -0.465 e. The predicted octanol–water partition coefficient (Wildman–Crippen LogP) is 2.75. The Morgan fingerprint density at radius 2 is 2.05 bits per heavy atom. The van der Waals surface area contributed by atoms with Crippen LogP contribution in [0.4, 0.5) is 5.69 Å². The number of nitro groups is 1. The molecule has 6 heteroatoms. The molecule has 1 aromatic heterocycles. The first kappa shape index (κ1) is 13.7. The van der Waals surface area contributed by atoms with Gasteiger partial charge in [-0.05, 0) is 25.1 Å². The fraction of sp³-hybridized carbons (Fsp3) is 0.143. The molecule has 0 spiro atoms. The second-order valence-electron chi connectivity index (χ2n) is 4.17. The summed E-state index contributed by atoms with van der Waals surface area (Å²) in [5.74, 6) is -0.610. The molecule has 2 rings (SSSR count). The molecule has 0 radical (unpaired) electrons. The quantitative estimate of drug-likeness (QED) is 0.487. The van der Waals surface area contributed by atoms with E-state index in [9.17, 15) is 14.9 Å². The molecule has 1 aromatic carbocycles. The number of carbonyl (C=O) groups is 1. The second-order valence-corrected chi connectivity index (χ2v) is 4.17. The number of benzene rings is 1. The summed E-state index contributed by atoms with van der Waals surface area (Å²) in [6.45, 7) is 1.83. The van der Waals surface area contributed by atoms with Crippen LogP contribution in [-0.4, -0.2) is 23.0 Å². The van der Waals surface area contributed by atoms with Crippen molar-refractivity contribution in [2.45, 2.75) is 6.92 Å². The van der Waals surface area contributed by atoms with Crippen molar-refractivity contribution in [3.8, 4) is 11.1 Å². The summed E-state index contributed by atoms with van der Waals surface area (Å²) in [5, 5.41) is 11.2. The first-order chi connectivity index (χ1) is 9.52. The SMILES string of the molecule is COC(=O)c1ccc(-c2ccc(C)nc2)c([N+](=O)[O-])c1. The van der Waals surface area contributed by atoms with Gasteiger partial charge in [-0.2, -0.15) is 0 Å². The molecule has 0 unspecified atom stereocenters. The zero-order valence-electron chi connectivity index (χ0n) is 11.0. The maximum absolute atomic E-state index is 11.4. The number of aryl methyl sites for hydroxylation is 1. The molecule has 0 aliphatic carbocycles. The van der Waals surface area contributed by atoms with Crippen molar-refractivity contribution in [1.29, 1.82) is 0 Å². The highest BCUT2D eigenvalue weighted by atomic mass is 16.6. The summed E-state index contributed by atoms with van der Waals surface area (Å²) < 4.78 is 4.56. The lowest BCUT2D eigenvalue weighted by molar-refractivity contribution is -0.384. The average molecular weight is 272 g/mol. The second kappa shape index (κ2) is 5.48. The van der Waals surface area contributed by atoms with Gasteiger partial charge in [-0.25, -0.2) is 4.79 Å². The monoisotopic (exact) mass is 272 g/mol. The van der Waals surface area contributed by atoms with Crippen LogP contribution >= 0.6 is 0 Å². The molecular formula is C14H12N2O4. The lowest BCUT2D eigenvalue weighted by Gasteiger charge is -2.05. The van der Waals surface area contributed by atoms with Gasteiger partial charge in [0.05, 0.1) is 23.2 Å². The maximum Gasteiger partial charge on any atom is 0.338 e. The van der Waals surface area contributed by atoms with E-state index in [0.29, 0.717) is 11.1 Å². The van der Waals surface area contributed by atoms with Crippen molar-refractivity contribution in [3.05, 3.63) is 57.9 Å². The van der Waals surface area contributed by atoms with Gasteiger partial charge in [-0.15, -0.1) is 0 Å². The summed E-state index contributed by atoms with van der Waals surface area (Å²) in [6.07, 6.45) is 1.56. The van der Waals surface area contributed by atoms with Crippen LogP contribution in [0.3, 0.4) is 0 Å². The van der Waals surface area contributed by atoms with Crippen LogP contribution in [0.2, 0.25) is 0 Å². The molecular weight excluding hydrogens is 260 g/mol. The van der Waals surface area contributed by atoms with Gasteiger partial charge in [-0.1, -0.05) is 6.07 Å². The molecule has 0 saturated carbocycles. The van der Waals surface area contributed by atoms with Crippen LogP contribution < -0.4 is 0 Å². The van der Waals surface area contributed by atoms with Crippen molar-refractivity contribution >= 4 is 11.7 Å². The van der Waals surface area contributed by atoms with Crippen LogP contribution in [0.1, 0.15) is 16.1 Å². The summed E-state index contributed by atoms with van der Waals surface area (Å²) in [7, 11) is 1.23. The minimum atomic E-state index is -0.610. The molecule has 0 fully saturated rings. The first-order valence-corrected chi connectivity index (χ1v) is 5.82. The Kier molecular flexibility index (Phi) is 3.74. The Morgan fingerprint density at radius 1 is 1.30 bits per heavy atom. The highest BCUT2D eigenvalue weighted by Crippen LogP contribution is 2.30. The van der Waals surface area contributed by atoms with Gasteiger partial charge in [-0.3, -0.25) is 15.1 Å². The van der Waals surface area contributed by atoms with E-state index >= 15 is 0 Å². The van der Waals surface area contributed by atoms with Gasteiger partial charge >= 0.3 is 5.97 Å². The van der Waals surface area contributed by atoms with E-state index < -0.39 is 10.9 Å². The van der Waals surface area contributed by atoms with Crippen molar-refractivity contribution in [3.63, 3.8) is 0 Å². The molecule has 6 nitrogen and oxygen atoms in total. The predicted molar refractivity (Wildman–Crippen MR) is 72.4 cm³/mol. The summed E-state index contributed by atoms with van der Waals surface area (Å²) >= 11 is 0. The number of carbonyl (C=O) groups excluding carboxylic acids is 1. The third-order valence-corrected chi connectivity index (χ3v) is 2.84. The Labute approximate surface area is 115 Å². The molecule has 20 heavy (non-hydrogen) atoms. The van der Waals surface area contributed by atoms with Crippen LogP contribution in [0.5, 0.6) is 0 Å². The molecule has 2 aromatic rings. The number of nitrogens with zero attached hydrogens (tertiary/aromatic N) is 2. The minimum absolute atomic E-state index is 0.142. The van der Waals surface area contributed by atoms with E-state index in [1.807, 2.05) is 6.92 Å². The van der Waals surface area contributed by atoms with Crippen LogP contribution in [0.25, 0.3) is 11.1 Å². The van der Waals surface area contributed by atoms with Crippen molar-refractivity contribution in [2.75, 3.05) is 7.11 Å². The van der Waals surface area contributed by atoms with Gasteiger partial charge in [0.25, 0.3) is 5.69 Å². The Hall–Kier alpha value is -2.76. The smallest absolute Gasteiger partial charge is 0.338 e. The van der Waals surface area contributed by atoms with E-state index in [4.69, 9.17) is 0 Å². The van der Waals surface area contributed by atoms with Crippen LogP contribution in [0, 0.1) is 17.0 Å². The van der Waals surface area contributed by atoms with Gasteiger partial charge in [0, 0.05) is 23.5 Å². The standard InChI is InChI=1S/C14H12N2O4/c1-9-3-4-11(8-15-9)12-6-5-10(14(17)20-2)7-13(12)16(18)19/h3-8H,1-2H3. The molecule has 0 saturated heterocycles. The molecule has 0 N–H and O–H groups in total. The molecule has 0 aliphatic rings. The van der Waals surface area contributed by atoms with Gasteiger partial charge in [0.1, 0.15) is 0 Å². The number of hydrogen-bond donors (Lipinski definition) is 0. The Morgan fingerprint density at radius 3 is 2.60 bits per heavy atom. The third kappa shape index (κ3) is 2.64.